The summed E-state index contributed by atoms with van der Waals surface area (Å²) in [6, 6.07) is 8.12. The fourth-order valence-electron chi connectivity index (χ4n) is 2.20. The molecule has 0 spiro atoms. The molecule has 1 N–H and O–H groups in total. The lowest BCUT2D eigenvalue weighted by Crippen LogP contribution is -2.12. The molecule has 0 saturated carbocycles. The predicted molar refractivity (Wildman–Crippen MR) is 81.2 cm³/mol. The molecular weight excluding hydrogens is 272 g/mol. The normalized spacial score (nSPS) is 12.2. The Morgan fingerprint density at radius 3 is 2.60 bits per heavy atom. The number of hydrogen-bond donors (Lipinski definition) is 1. The van der Waals surface area contributed by atoms with Crippen LogP contribution in [-0.4, -0.2) is 19.8 Å². The molecule has 3 rings (SSSR count). The van der Waals surface area contributed by atoms with Crippen LogP contribution in [0, 0.1) is 6.92 Å². The molecule has 1 aromatic carbocycles. The molecule has 0 amide bonds. The van der Waals surface area contributed by atoms with Crippen LogP contribution in [0.15, 0.2) is 24.3 Å². The Bertz CT molecular complexity index is 777. The minimum atomic E-state index is -0.0665. The molecule has 104 valence electrons. The molecule has 2 aromatic heterocycles. The van der Waals surface area contributed by atoms with Gasteiger partial charge >= 0.3 is 0 Å². The van der Waals surface area contributed by atoms with Crippen molar-refractivity contribution in [2.75, 3.05) is 0 Å². The molecular formula is C15H17ClN4. The van der Waals surface area contributed by atoms with Crippen LogP contribution in [0.3, 0.4) is 0 Å². The molecule has 0 atom stereocenters. The van der Waals surface area contributed by atoms with Crippen molar-refractivity contribution < 1.29 is 0 Å². The molecule has 0 fully saturated rings. The third-order valence-electron chi connectivity index (χ3n) is 3.27. The van der Waals surface area contributed by atoms with Gasteiger partial charge in [0.2, 0.25) is 0 Å². The minimum absolute atomic E-state index is 0.0665. The quantitative estimate of drug-likeness (QED) is 0.736. The summed E-state index contributed by atoms with van der Waals surface area (Å²) in [6.07, 6.45) is 0. The zero-order chi connectivity index (χ0) is 14.5. The number of aromatic nitrogens is 4. The predicted octanol–water partition coefficient (Wildman–Crippen LogP) is 3.98. The highest BCUT2D eigenvalue weighted by Crippen LogP contribution is 2.31. The number of fused-ring (bicyclic) bond motifs is 1. The summed E-state index contributed by atoms with van der Waals surface area (Å²) >= 11 is 6.42. The van der Waals surface area contributed by atoms with Gasteiger partial charge in [-0.25, -0.2) is 4.98 Å². The van der Waals surface area contributed by atoms with Crippen LogP contribution >= 0.6 is 11.6 Å². The summed E-state index contributed by atoms with van der Waals surface area (Å²) in [4.78, 5) is 4.55. The second-order valence-corrected chi connectivity index (χ2v) is 6.47. The van der Waals surface area contributed by atoms with Gasteiger partial charge in [0, 0.05) is 11.0 Å². The number of rotatable bonds is 1. The molecule has 0 aliphatic carbocycles. The van der Waals surface area contributed by atoms with Crippen molar-refractivity contribution in [1.29, 1.82) is 0 Å². The third kappa shape index (κ3) is 2.10. The van der Waals surface area contributed by atoms with Crippen molar-refractivity contribution in [1.82, 2.24) is 19.8 Å². The number of benzene rings is 1. The SMILES string of the molecule is Cc1cccc(-c2nc3c(Cl)c(C(C)(C)C)[nH]n3n2)c1. The molecule has 2 heterocycles. The lowest BCUT2D eigenvalue weighted by molar-refractivity contribution is 0.557. The van der Waals surface area contributed by atoms with Crippen molar-refractivity contribution in [2.24, 2.45) is 0 Å². The van der Waals surface area contributed by atoms with E-state index in [0.29, 0.717) is 16.5 Å². The van der Waals surface area contributed by atoms with Crippen LogP contribution in [0.1, 0.15) is 32.0 Å². The van der Waals surface area contributed by atoms with Crippen LogP contribution in [0.2, 0.25) is 5.02 Å². The first-order valence-electron chi connectivity index (χ1n) is 6.58. The average Bonchev–Trinajstić information content (AvgIpc) is 2.89. The van der Waals surface area contributed by atoms with Crippen molar-refractivity contribution in [3.8, 4) is 11.4 Å². The average molecular weight is 289 g/mol. The highest BCUT2D eigenvalue weighted by atomic mass is 35.5. The molecule has 3 aromatic rings. The van der Waals surface area contributed by atoms with E-state index in [1.165, 1.54) is 5.56 Å². The highest BCUT2D eigenvalue weighted by molar-refractivity contribution is 6.34. The lowest BCUT2D eigenvalue weighted by atomic mass is 9.92. The van der Waals surface area contributed by atoms with Gasteiger partial charge in [0.15, 0.2) is 11.5 Å². The number of hydrogen-bond acceptors (Lipinski definition) is 2. The van der Waals surface area contributed by atoms with Gasteiger partial charge in [-0.3, -0.25) is 5.10 Å². The number of H-pyrrole nitrogens is 1. The topological polar surface area (TPSA) is 46.0 Å². The molecule has 4 nitrogen and oxygen atoms in total. The monoisotopic (exact) mass is 288 g/mol. The van der Waals surface area contributed by atoms with Crippen molar-refractivity contribution >= 4 is 17.2 Å². The van der Waals surface area contributed by atoms with Gasteiger partial charge in [0.1, 0.15) is 5.02 Å². The number of aromatic amines is 1. The summed E-state index contributed by atoms with van der Waals surface area (Å²) in [6.45, 7) is 8.36. The van der Waals surface area contributed by atoms with E-state index in [1.807, 2.05) is 12.1 Å². The first-order chi connectivity index (χ1) is 9.36. The number of aryl methyl sites for hydroxylation is 1. The minimum Gasteiger partial charge on any atom is -0.278 e. The largest absolute Gasteiger partial charge is 0.278 e. The zero-order valence-electron chi connectivity index (χ0n) is 12.0. The van der Waals surface area contributed by atoms with E-state index in [9.17, 15) is 0 Å². The van der Waals surface area contributed by atoms with E-state index < -0.39 is 0 Å². The Hall–Kier alpha value is -1.81. The molecule has 0 saturated heterocycles. The molecule has 0 aliphatic heterocycles. The summed E-state index contributed by atoms with van der Waals surface area (Å²) in [5.41, 5.74) is 3.74. The van der Waals surface area contributed by atoms with Crippen molar-refractivity contribution in [3.05, 3.63) is 40.5 Å². The van der Waals surface area contributed by atoms with E-state index in [0.717, 1.165) is 11.3 Å². The zero-order valence-corrected chi connectivity index (χ0v) is 12.8. The van der Waals surface area contributed by atoms with Crippen LogP contribution in [0.25, 0.3) is 17.0 Å². The maximum absolute atomic E-state index is 6.42. The molecule has 5 heteroatoms. The molecule has 20 heavy (non-hydrogen) atoms. The first-order valence-corrected chi connectivity index (χ1v) is 6.96. The maximum Gasteiger partial charge on any atom is 0.194 e. The van der Waals surface area contributed by atoms with E-state index in [4.69, 9.17) is 11.6 Å². The second-order valence-electron chi connectivity index (χ2n) is 6.09. The van der Waals surface area contributed by atoms with E-state index in [-0.39, 0.29) is 5.41 Å². The van der Waals surface area contributed by atoms with Crippen LogP contribution in [-0.2, 0) is 5.41 Å². The fourth-order valence-corrected chi connectivity index (χ4v) is 2.65. The van der Waals surface area contributed by atoms with Gasteiger partial charge in [-0.15, -0.1) is 5.10 Å². The van der Waals surface area contributed by atoms with Gasteiger partial charge in [-0.1, -0.05) is 56.1 Å². The van der Waals surface area contributed by atoms with Gasteiger partial charge in [-0.2, -0.15) is 4.63 Å². The van der Waals surface area contributed by atoms with Gasteiger partial charge < -0.3 is 0 Å². The Balaban J connectivity index is 2.14. The van der Waals surface area contributed by atoms with Gasteiger partial charge in [0.05, 0.1) is 5.69 Å². The van der Waals surface area contributed by atoms with Crippen LogP contribution in [0.4, 0.5) is 0 Å². The fraction of sp³-hybridized carbons (Fsp3) is 0.333. The van der Waals surface area contributed by atoms with Gasteiger partial charge in [-0.05, 0) is 13.0 Å². The molecule has 0 unspecified atom stereocenters. The Kier molecular flexibility index (Phi) is 2.87. The second kappa shape index (κ2) is 4.35. The molecule has 0 bridgehead atoms. The van der Waals surface area contributed by atoms with E-state index >= 15 is 0 Å². The number of nitrogens with one attached hydrogen (secondary N) is 1. The Labute approximate surface area is 122 Å². The smallest absolute Gasteiger partial charge is 0.194 e. The molecule has 0 radical (unpaired) electrons. The summed E-state index contributed by atoms with van der Waals surface area (Å²) < 4.78 is 1.65. The van der Waals surface area contributed by atoms with E-state index in [1.54, 1.807) is 4.63 Å². The standard InChI is InChI=1S/C15H17ClN4/c1-9-6-5-7-10(8-9)13-17-14-11(16)12(15(2,3)4)18-20(14)19-13/h5-8,18H,1-4H3. The highest BCUT2D eigenvalue weighted by Gasteiger charge is 2.24. The van der Waals surface area contributed by atoms with E-state index in [2.05, 4.69) is 55.0 Å². The van der Waals surface area contributed by atoms with Crippen LogP contribution in [0.5, 0.6) is 0 Å². The third-order valence-corrected chi connectivity index (χ3v) is 3.62. The number of halogens is 1. The van der Waals surface area contributed by atoms with Crippen molar-refractivity contribution in [2.45, 2.75) is 33.1 Å². The lowest BCUT2D eigenvalue weighted by Gasteiger charge is -2.16. The van der Waals surface area contributed by atoms with Crippen LogP contribution < -0.4 is 0 Å². The summed E-state index contributed by atoms with van der Waals surface area (Å²) in [5.74, 6) is 0.683. The first kappa shape index (κ1) is 13.2. The molecule has 0 aliphatic rings. The Morgan fingerprint density at radius 1 is 1.25 bits per heavy atom. The summed E-state index contributed by atoms with van der Waals surface area (Å²) in [7, 11) is 0. The maximum atomic E-state index is 6.42. The van der Waals surface area contributed by atoms with Crippen molar-refractivity contribution in [3.63, 3.8) is 0 Å². The Morgan fingerprint density at radius 2 is 2.00 bits per heavy atom. The summed E-state index contributed by atoms with van der Waals surface area (Å²) in [5, 5.41) is 8.35. The van der Waals surface area contributed by atoms with Gasteiger partial charge in [0.25, 0.3) is 0 Å². The number of nitrogens with zero attached hydrogens (tertiary/aromatic N) is 3.